The molecule has 1 nitrogen and oxygen atoms in total. The lowest BCUT2D eigenvalue weighted by Gasteiger charge is -2.36. The summed E-state index contributed by atoms with van der Waals surface area (Å²) in [6, 6.07) is 0. The third kappa shape index (κ3) is 2.73. The molecule has 1 fully saturated rings. The molecule has 11 heavy (non-hydrogen) atoms. The van der Waals surface area contributed by atoms with Crippen LogP contribution < -0.4 is 0 Å². The van der Waals surface area contributed by atoms with Crippen LogP contribution in [0.3, 0.4) is 0 Å². The van der Waals surface area contributed by atoms with E-state index in [4.69, 9.17) is 16.3 Å². The van der Waals surface area contributed by atoms with Gasteiger partial charge in [-0.3, -0.25) is 0 Å². The SMILES string of the molecule is CCP1(=S)OCCC(C)(C)S1. The van der Waals surface area contributed by atoms with E-state index in [-0.39, 0.29) is 0 Å². The van der Waals surface area contributed by atoms with Crippen molar-refractivity contribution >= 4 is 28.7 Å². The molecule has 1 unspecified atom stereocenters. The number of hydrogen-bond donors (Lipinski definition) is 0. The lowest BCUT2D eigenvalue weighted by molar-refractivity contribution is 0.324. The van der Waals surface area contributed by atoms with E-state index in [0.717, 1.165) is 19.2 Å². The van der Waals surface area contributed by atoms with Gasteiger partial charge < -0.3 is 4.52 Å². The van der Waals surface area contributed by atoms with Gasteiger partial charge >= 0.3 is 0 Å². The first-order valence-corrected chi connectivity index (χ1v) is 8.24. The highest BCUT2D eigenvalue weighted by Crippen LogP contribution is 2.67. The fourth-order valence-corrected chi connectivity index (χ4v) is 8.04. The summed E-state index contributed by atoms with van der Waals surface area (Å²) in [4.78, 5) is 0. The van der Waals surface area contributed by atoms with Gasteiger partial charge in [-0.1, -0.05) is 44.0 Å². The normalized spacial score (nSPS) is 37.0. The second-order valence-electron chi connectivity index (χ2n) is 3.36. The van der Waals surface area contributed by atoms with Gasteiger partial charge in [0.05, 0.1) is 6.61 Å². The Labute approximate surface area is 78.1 Å². The molecule has 0 saturated carbocycles. The Bertz CT molecular complexity index is 191. The Morgan fingerprint density at radius 1 is 1.64 bits per heavy atom. The topological polar surface area (TPSA) is 9.23 Å². The number of rotatable bonds is 1. The van der Waals surface area contributed by atoms with Gasteiger partial charge in [0.15, 0.2) is 0 Å². The maximum Gasteiger partial charge on any atom is 0.119 e. The lowest BCUT2D eigenvalue weighted by atomic mass is 10.1. The molecule has 1 aliphatic rings. The van der Waals surface area contributed by atoms with Crippen molar-refractivity contribution in [3.05, 3.63) is 0 Å². The van der Waals surface area contributed by atoms with Crippen molar-refractivity contribution in [2.75, 3.05) is 12.8 Å². The third-order valence-corrected chi connectivity index (χ3v) is 9.26. The molecule has 0 N–H and O–H groups in total. The molecule has 1 heterocycles. The molecular formula is C7H15OPS2. The molecule has 0 aromatic carbocycles. The summed E-state index contributed by atoms with van der Waals surface area (Å²) < 4.78 is 5.99. The molecule has 0 bridgehead atoms. The average Bonchev–Trinajstić information content (AvgIpc) is 1.85. The van der Waals surface area contributed by atoms with E-state index in [0.29, 0.717) is 4.75 Å². The smallest absolute Gasteiger partial charge is 0.119 e. The summed E-state index contributed by atoms with van der Waals surface area (Å²) in [6.45, 7) is 7.52. The number of hydrogen-bond acceptors (Lipinski definition) is 3. The van der Waals surface area contributed by atoms with E-state index in [1.54, 1.807) is 0 Å². The highest BCUT2D eigenvalue weighted by atomic mass is 32.9. The monoisotopic (exact) mass is 210 g/mol. The maximum atomic E-state index is 5.64. The highest BCUT2D eigenvalue weighted by molar-refractivity contribution is 8.69. The van der Waals surface area contributed by atoms with Crippen LogP contribution in [0.15, 0.2) is 0 Å². The maximum absolute atomic E-state index is 5.64. The van der Waals surface area contributed by atoms with Gasteiger partial charge in [0.1, 0.15) is 5.47 Å². The van der Waals surface area contributed by atoms with Crippen LogP contribution in [0.25, 0.3) is 0 Å². The molecule has 1 aliphatic heterocycles. The first-order chi connectivity index (χ1) is 4.97. The first-order valence-electron chi connectivity index (χ1n) is 3.92. The van der Waals surface area contributed by atoms with Crippen LogP contribution in [-0.2, 0) is 16.3 Å². The van der Waals surface area contributed by atoms with Crippen LogP contribution in [0.5, 0.6) is 0 Å². The van der Waals surface area contributed by atoms with Crippen LogP contribution in [-0.4, -0.2) is 17.5 Å². The molecule has 66 valence electrons. The Hall–Kier alpha value is 0.960. The van der Waals surface area contributed by atoms with Gasteiger partial charge in [0.2, 0.25) is 0 Å². The summed E-state index contributed by atoms with van der Waals surface area (Å²) in [5.41, 5.74) is -1.47. The Morgan fingerprint density at radius 3 is 2.64 bits per heavy atom. The zero-order valence-electron chi connectivity index (χ0n) is 7.29. The van der Waals surface area contributed by atoms with Crippen molar-refractivity contribution in [1.29, 1.82) is 0 Å². The van der Waals surface area contributed by atoms with Crippen molar-refractivity contribution in [3.63, 3.8) is 0 Å². The van der Waals surface area contributed by atoms with E-state index in [2.05, 4.69) is 20.8 Å². The first kappa shape index (κ1) is 10.0. The van der Waals surface area contributed by atoms with Gasteiger partial charge in [-0.15, -0.1) is 0 Å². The van der Waals surface area contributed by atoms with E-state index in [1.807, 2.05) is 11.4 Å². The van der Waals surface area contributed by atoms with E-state index < -0.39 is 5.47 Å². The van der Waals surface area contributed by atoms with Crippen LogP contribution in [0, 0.1) is 0 Å². The third-order valence-electron chi connectivity index (χ3n) is 1.77. The minimum absolute atomic E-state index is 0.351. The van der Waals surface area contributed by atoms with Crippen molar-refractivity contribution < 1.29 is 4.52 Å². The summed E-state index contributed by atoms with van der Waals surface area (Å²) in [5, 5.41) is 0. The molecule has 0 radical (unpaired) electrons. The lowest BCUT2D eigenvalue weighted by Crippen LogP contribution is -2.21. The van der Waals surface area contributed by atoms with Gasteiger partial charge in [0, 0.05) is 10.9 Å². The predicted molar refractivity (Wildman–Crippen MR) is 57.1 cm³/mol. The molecule has 0 aromatic heterocycles. The van der Waals surface area contributed by atoms with Crippen molar-refractivity contribution in [2.24, 2.45) is 0 Å². The fraction of sp³-hybridized carbons (Fsp3) is 1.00. The Morgan fingerprint density at radius 2 is 2.27 bits per heavy atom. The van der Waals surface area contributed by atoms with E-state index in [9.17, 15) is 0 Å². The second kappa shape index (κ2) is 3.37. The van der Waals surface area contributed by atoms with Crippen LogP contribution in [0.1, 0.15) is 27.2 Å². The summed E-state index contributed by atoms with van der Waals surface area (Å²) in [6.07, 6.45) is 2.16. The van der Waals surface area contributed by atoms with Gasteiger partial charge in [0.25, 0.3) is 0 Å². The molecular weight excluding hydrogens is 195 g/mol. The second-order valence-corrected chi connectivity index (χ2v) is 11.5. The highest BCUT2D eigenvalue weighted by Gasteiger charge is 2.32. The van der Waals surface area contributed by atoms with Gasteiger partial charge in [-0.25, -0.2) is 0 Å². The largest absolute Gasteiger partial charge is 0.341 e. The summed E-state index contributed by atoms with van der Waals surface area (Å²) in [5.74, 6) is 0. The molecule has 0 amide bonds. The summed E-state index contributed by atoms with van der Waals surface area (Å²) in [7, 11) is 0. The zero-order valence-corrected chi connectivity index (χ0v) is 9.82. The predicted octanol–water partition coefficient (Wildman–Crippen LogP) is 3.25. The molecule has 1 atom stereocenters. The van der Waals surface area contributed by atoms with Crippen molar-refractivity contribution in [1.82, 2.24) is 0 Å². The van der Waals surface area contributed by atoms with Gasteiger partial charge in [-0.05, 0) is 6.42 Å². The molecule has 4 heteroatoms. The molecule has 1 saturated heterocycles. The standard InChI is InChI=1S/C7H15OPS2/c1-4-9(10)8-6-5-7(2,3)11-9/h4-6H2,1-3H3. The molecule has 0 aliphatic carbocycles. The summed E-state index contributed by atoms with van der Waals surface area (Å²) >= 11 is 7.35. The zero-order chi connectivity index (χ0) is 8.54. The van der Waals surface area contributed by atoms with Crippen molar-refractivity contribution in [3.8, 4) is 0 Å². The molecule has 0 spiro atoms. The van der Waals surface area contributed by atoms with E-state index in [1.165, 1.54) is 0 Å². The fourth-order valence-electron chi connectivity index (χ4n) is 1.03. The molecule has 0 aromatic rings. The van der Waals surface area contributed by atoms with E-state index >= 15 is 0 Å². The Kier molecular flexibility index (Phi) is 3.08. The quantitative estimate of drug-likeness (QED) is 0.615. The minimum atomic E-state index is -1.47. The van der Waals surface area contributed by atoms with Gasteiger partial charge in [-0.2, -0.15) is 0 Å². The average molecular weight is 210 g/mol. The van der Waals surface area contributed by atoms with Crippen molar-refractivity contribution in [2.45, 2.75) is 31.9 Å². The molecule has 1 rings (SSSR count). The van der Waals surface area contributed by atoms with Crippen LogP contribution in [0.2, 0.25) is 0 Å². The minimum Gasteiger partial charge on any atom is -0.341 e. The Balaban J connectivity index is 2.67. The van der Waals surface area contributed by atoms with Crippen LogP contribution in [0.4, 0.5) is 0 Å². The van der Waals surface area contributed by atoms with Crippen LogP contribution >= 0.6 is 16.8 Å².